The number of hydrogen-bond acceptors (Lipinski definition) is 4. The minimum atomic E-state index is -0.219. The topological polar surface area (TPSA) is 30.9 Å². The predicted molar refractivity (Wildman–Crippen MR) is 121 cm³/mol. The third-order valence-electron chi connectivity index (χ3n) is 5.25. The summed E-state index contributed by atoms with van der Waals surface area (Å²) in [6, 6.07) is 0. The van der Waals surface area contributed by atoms with Gasteiger partial charge in [0.1, 0.15) is 0 Å². The van der Waals surface area contributed by atoms with Crippen molar-refractivity contribution in [3.63, 3.8) is 0 Å². The van der Waals surface area contributed by atoms with Crippen molar-refractivity contribution in [2.45, 2.75) is 113 Å². The van der Waals surface area contributed by atoms with Crippen LogP contribution in [0.25, 0.3) is 0 Å². The van der Waals surface area contributed by atoms with Gasteiger partial charge < -0.3 is 14.2 Å². The fourth-order valence-corrected chi connectivity index (χ4v) is 3.01. The van der Waals surface area contributed by atoms with E-state index in [4.69, 9.17) is 14.2 Å². The molecule has 0 aromatic carbocycles. The van der Waals surface area contributed by atoms with Gasteiger partial charge in [0.2, 0.25) is 0 Å². The highest BCUT2D eigenvalue weighted by atomic mass is 16.5. The van der Waals surface area contributed by atoms with E-state index < -0.39 is 0 Å². The molecule has 0 fully saturated rings. The van der Waals surface area contributed by atoms with E-state index in [1.54, 1.807) is 0 Å². The molecule has 170 valence electrons. The fraction of sp³-hybridized carbons (Fsp3) is 1.00. The normalized spacial score (nSPS) is 16.8. The molecular formula is C24H51NO3. The van der Waals surface area contributed by atoms with E-state index in [-0.39, 0.29) is 29.3 Å². The first kappa shape index (κ1) is 27.8. The van der Waals surface area contributed by atoms with Crippen molar-refractivity contribution < 1.29 is 14.2 Å². The van der Waals surface area contributed by atoms with Gasteiger partial charge in [0.25, 0.3) is 0 Å². The molecule has 0 saturated heterocycles. The van der Waals surface area contributed by atoms with Gasteiger partial charge in [-0.25, -0.2) is 0 Å². The van der Waals surface area contributed by atoms with Crippen LogP contribution in [0, 0.1) is 17.3 Å². The molecule has 4 heteroatoms. The molecule has 0 aromatic rings. The highest BCUT2D eigenvalue weighted by Gasteiger charge is 2.33. The molecule has 0 N–H and O–H groups in total. The second-order valence-corrected chi connectivity index (χ2v) is 11.1. The molecule has 0 rings (SSSR count). The van der Waals surface area contributed by atoms with Crippen molar-refractivity contribution in [2.24, 2.45) is 17.3 Å². The third-order valence-corrected chi connectivity index (χ3v) is 5.25. The first-order chi connectivity index (χ1) is 12.6. The lowest BCUT2D eigenvalue weighted by molar-refractivity contribution is -0.145. The van der Waals surface area contributed by atoms with Crippen LogP contribution >= 0.6 is 0 Å². The summed E-state index contributed by atoms with van der Waals surface area (Å²) in [7, 11) is 2.12. The summed E-state index contributed by atoms with van der Waals surface area (Å²) < 4.78 is 18.7. The van der Waals surface area contributed by atoms with Gasteiger partial charge in [0.15, 0.2) is 0 Å². The second kappa shape index (κ2) is 12.5. The van der Waals surface area contributed by atoms with Crippen LogP contribution in [0.1, 0.15) is 89.0 Å². The minimum Gasteiger partial charge on any atom is -0.378 e. The molecule has 28 heavy (non-hydrogen) atoms. The molecule has 0 aromatic heterocycles. The molecule has 4 nitrogen and oxygen atoms in total. The molecule has 0 saturated carbocycles. The van der Waals surface area contributed by atoms with Gasteiger partial charge in [-0.15, -0.1) is 0 Å². The zero-order valence-corrected chi connectivity index (χ0v) is 21.1. The van der Waals surface area contributed by atoms with Crippen molar-refractivity contribution in [1.29, 1.82) is 0 Å². The molecule has 0 bridgehead atoms. The van der Waals surface area contributed by atoms with Gasteiger partial charge in [0, 0.05) is 19.6 Å². The van der Waals surface area contributed by atoms with E-state index >= 15 is 0 Å². The van der Waals surface area contributed by atoms with E-state index in [1.807, 2.05) is 0 Å². The van der Waals surface area contributed by atoms with Crippen LogP contribution in [-0.2, 0) is 14.2 Å². The fourth-order valence-electron chi connectivity index (χ4n) is 3.01. The van der Waals surface area contributed by atoms with Crippen molar-refractivity contribution in [1.82, 2.24) is 4.90 Å². The van der Waals surface area contributed by atoms with Crippen molar-refractivity contribution >= 4 is 0 Å². The van der Waals surface area contributed by atoms with Gasteiger partial charge >= 0.3 is 0 Å². The lowest BCUT2D eigenvalue weighted by Crippen LogP contribution is -2.41. The average molecular weight is 402 g/mol. The molecule has 3 atom stereocenters. The zero-order chi connectivity index (χ0) is 22.1. The summed E-state index contributed by atoms with van der Waals surface area (Å²) in [4.78, 5) is 2.24. The number of ether oxygens (including phenoxy) is 3. The van der Waals surface area contributed by atoms with E-state index in [0.29, 0.717) is 18.6 Å². The van der Waals surface area contributed by atoms with Gasteiger partial charge in [-0.2, -0.15) is 0 Å². The highest BCUT2D eigenvalue weighted by Crippen LogP contribution is 2.32. The largest absolute Gasteiger partial charge is 0.378 e. The van der Waals surface area contributed by atoms with Crippen LogP contribution in [0.2, 0.25) is 0 Å². The van der Waals surface area contributed by atoms with Crippen LogP contribution in [0.4, 0.5) is 0 Å². The minimum absolute atomic E-state index is 0.0603. The Bertz CT molecular complexity index is 401. The van der Waals surface area contributed by atoms with Crippen LogP contribution in [0.3, 0.4) is 0 Å². The SMILES string of the molecule is CC(C)CN(C)COC(C)CC(OC(C)(C)CCOC(C)C(C)C)C(C)(C)C. The average Bonchev–Trinajstić information content (AvgIpc) is 2.50. The summed E-state index contributed by atoms with van der Waals surface area (Å²) in [6.07, 6.45) is 2.36. The van der Waals surface area contributed by atoms with Crippen LogP contribution < -0.4 is 0 Å². The molecule has 0 radical (unpaired) electrons. The Hall–Kier alpha value is -0.160. The van der Waals surface area contributed by atoms with Crippen molar-refractivity contribution in [3.05, 3.63) is 0 Å². The Morgan fingerprint density at radius 1 is 0.857 bits per heavy atom. The van der Waals surface area contributed by atoms with Crippen molar-refractivity contribution in [3.8, 4) is 0 Å². The third kappa shape index (κ3) is 13.1. The number of hydrogen-bond donors (Lipinski definition) is 0. The predicted octanol–water partition coefficient (Wildman–Crippen LogP) is 5.99. The van der Waals surface area contributed by atoms with E-state index in [2.05, 4.69) is 88.1 Å². The summed E-state index contributed by atoms with van der Waals surface area (Å²) >= 11 is 0. The highest BCUT2D eigenvalue weighted by molar-refractivity contribution is 4.81. The standard InChI is InChI=1S/C24H51NO3/c1-18(2)16-25(12)17-27-20(5)15-22(23(7,8)9)28-24(10,11)13-14-26-21(6)19(3)4/h18-22H,13-17H2,1-12H3. The smallest absolute Gasteiger partial charge is 0.0991 e. The Balaban J connectivity index is 4.64. The molecular weight excluding hydrogens is 350 g/mol. The summed E-state index contributed by atoms with van der Waals surface area (Å²) in [5.74, 6) is 1.19. The Labute approximate surface area is 176 Å². The first-order valence-corrected chi connectivity index (χ1v) is 11.2. The van der Waals surface area contributed by atoms with E-state index in [9.17, 15) is 0 Å². The number of nitrogens with zero attached hydrogens (tertiary/aromatic N) is 1. The maximum atomic E-state index is 6.61. The van der Waals surface area contributed by atoms with Gasteiger partial charge in [-0.1, -0.05) is 48.5 Å². The van der Waals surface area contributed by atoms with E-state index in [1.165, 1.54) is 0 Å². The molecule has 0 heterocycles. The quantitative estimate of drug-likeness (QED) is 0.335. The Morgan fingerprint density at radius 2 is 1.43 bits per heavy atom. The lowest BCUT2D eigenvalue weighted by Gasteiger charge is -2.39. The Kier molecular flexibility index (Phi) is 12.4. The first-order valence-electron chi connectivity index (χ1n) is 11.2. The maximum absolute atomic E-state index is 6.61. The molecule has 0 amide bonds. The lowest BCUT2D eigenvalue weighted by atomic mass is 9.85. The molecule has 0 aliphatic carbocycles. The second-order valence-electron chi connectivity index (χ2n) is 11.1. The summed E-state index contributed by atoms with van der Waals surface area (Å²) in [5.41, 5.74) is -0.159. The Morgan fingerprint density at radius 3 is 1.89 bits per heavy atom. The molecule has 0 spiro atoms. The van der Waals surface area contributed by atoms with Gasteiger partial charge in [-0.05, 0) is 58.4 Å². The number of rotatable bonds is 14. The summed E-state index contributed by atoms with van der Waals surface area (Å²) in [6.45, 7) is 26.7. The molecule has 0 aliphatic heterocycles. The molecule has 0 aliphatic rings. The van der Waals surface area contributed by atoms with Crippen LogP contribution in [-0.4, -0.2) is 55.7 Å². The van der Waals surface area contributed by atoms with E-state index in [0.717, 1.165) is 26.0 Å². The summed E-state index contributed by atoms with van der Waals surface area (Å²) in [5, 5.41) is 0. The van der Waals surface area contributed by atoms with Crippen LogP contribution in [0.15, 0.2) is 0 Å². The monoisotopic (exact) mass is 401 g/mol. The van der Waals surface area contributed by atoms with Gasteiger partial charge in [-0.3, -0.25) is 4.90 Å². The maximum Gasteiger partial charge on any atom is 0.0991 e. The van der Waals surface area contributed by atoms with Crippen LogP contribution in [0.5, 0.6) is 0 Å². The van der Waals surface area contributed by atoms with Crippen molar-refractivity contribution in [2.75, 3.05) is 26.9 Å². The zero-order valence-electron chi connectivity index (χ0n) is 21.1. The molecule has 3 unspecified atom stereocenters. The van der Waals surface area contributed by atoms with Gasteiger partial charge in [0.05, 0.1) is 30.6 Å².